The monoisotopic (exact) mass is 385 g/mol. The van der Waals surface area contributed by atoms with Crippen molar-refractivity contribution in [2.24, 2.45) is 0 Å². The van der Waals surface area contributed by atoms with Gasteiger partial charge in [0.2, 0.25) is 0 Å². The van der Waals surface area contributed by atoms with Gasteiger partial charge in [-0.1, -0.05) is 26.0 Å². The molecule has 0 saturated heterocycles. The summed E-state index contributed by atoms with van der Waals surface area (Å²) in [4.78, 5) is 15.9. The lowest BCUT2D eigenvalue weighted by Crippen LogP contribution is -2.10. The van der Waals surface area contributed by atoms with Crippen LogP contribution in [-0.4, -0.2) is 15.4 Å². The number of aromatic amines is 1. The average molecular weight is 385 g/mol. The first kappa shape index (κ1) is 19.0. The zero-order valence-electron chi connectivity index (χ0n) is 15.6. The molecule has 2 aromatic heterocycles. The summed E-state index contributed by atoms with van der Waals surface area (Å²) in [6.45, 7) is 5.71. The lowest BCUT2D eigenvalue weighted by Gasteiger charge is -2.07. The van der Waals surface area contributed by atoms with Gasteiger partial charge >= 0.3 is 0 Å². The predicted octanol–water partition coefficient (Wildman–Crippen LogP) is 5.15. The molecule has 0 aliphatic heterocycles. The van der Waals surface area contributed by atoms with E-state index in [2.05, 4.69) is 4.98 Å². The van der Waals surface area contributed by atoms with E-state index in [9.17, 15) is 13.4 Å². The molecule has 4 aromatic rings. The quantitative estimate of drug-likeness (QED) is 0.519. The molecule has 0 aliphatic carbocycles. The molecule has 0 amide bonds. The van der Waals surface area contributed by atoms with Gasteiger partial charge < -0.3 is 9.40 Å². The first-order valence-electron chi connectivity index (χ1n) is 8.64. The molecule has 2 aromatic carbocycles. The Labute approximate surface area is 158 Å². The first-order chi connectivity index (χ1) is 13.0. The summed E-state index contributed by atoms with van der Waals surface area (Å²) in [6, 6.07) is 11.4. The summed E-state index contributed by atoms with van der Waals surface area (Å²) in [5.74, 6) is -0.401. The van der Waals surface area contributed by atoms with Crippen molar-refractivity contribution in [3.8, 4) is 11.1 Å². The Morgan fingerprint density at radius 3 is 2.56 bits per heavy atom. The molecule has 2 heterocycles. The molecule has 1 N–H and O–H groups in total. The molecule has 27 heavy (non-hydrogen) atoms. The van der Waals surface area contributed by atoms with E-state index in [1.54, 1.807) is 37.4 Å². The Bertz CT molecular complexity index is 1220. The van der Waals surface area contributed by atoms with Gasteiger partial charge in [-0.2, -0.15) is 0 Å². The van der Waals surface area contributed by atoms with Crippen molar-refractivity contribution in [3.63, 3.8) is 0 Å². The smallest absolute Gasteiger partial charge is 0.252 e. The summed E-state index contributed by atoms with van der Waals surface area (Å²) in [5.41, 5.74) is 3.03. The van der Waals surface area contributed by atoms with Gasteiger partial charge in [-0.05, 0) is 42.8 Å². The number of benzene rings is 2. The van der Waals surface area contributed by atoms with E-state index in [-0.39, 0.29) is 5.56 Å². The Morgan fingerprint density at radius 1 is 1.11 bits per heavy atom. The van der Waals surface area contributed by atoms with Crippen LogP contribution >= 0.6 is 0 Å². The summed E-state index contributed by atoms with van der Waals surface area (Å²) in [7, 11) is -1.14. The molecule has 4 nitrogen and oxygen atoms in total. The van der Waals surface area contributed by atoms with Gasteiger partial charge in [-0.25, -0.2) is 4.39 Å². The minimum absolute atomic E-state index is 0.266. The number of H-pyrrole nitrogens is 1. The van der Waals surface area contributed by atoms with E-state index in [1.165, 1.54) is 12.1 Å². The minimum Gasteiger partial charge on any atom is -0.454 e. The van der Waals surface area contributed by atoms with E-state index in [0.29, 0.717) is 38.1 Å². The van der Waals surface area contributed by atoms with Crippen molar-refractivity contribution in [3.05, 3.63) is 64.2 Å². The number of hydrogen-bond donors (Lipinski definition) is 1. The molecular weight excluding hydrogens is 365 g/mol. The Morgan fingerprint density at radius 2 is 1.85 bits per heavy atom. The fraction of sp³-hybridized carbons (Fsp3) is 0.190. The predicted molar refractivity (Wildman–Crippen MR) is 108 cm³/mol. The fourth-order valence-corrected chi connectivity index (χ4v) is 3.60. The molecule has 0 saturated carbocycles. The third-order valence-corrected chi connectivity index (χ3v) is 5.20. The second-order valence-corrected chi connectivity index (χ2v) is 7.26. The number of nitrogens with one attached hydrogen (secondary N) is 1. The molecule has 0 radical (unpaired) electrons. The maximum atomic E-state index is 13.6. The molecule has 1 atom stereocenters. The number of pyridine rings is 1. The van der Waals surface area contributed by atoms with Crippen LogP contribution in [0.5, 0.6) is 0 Å². The van der Waals surface area contributed by atoms with Crippen LogP contribution in [0.15, 0.2) is 56.6 Å². The fourth-order valence-electron chi connectivity index (χ4n) is 3.04. The van der Waals surface area contributed by atoms with Crippen molar-refractivity contribution in [2.45, 2.75) is 25.7 Å². The van der Waals surface area contributed by atoms with Crippen LogP contribution in [0.25, 0.3) is 33.2 Å². The second kappa shape index (κ2) is 7.48. The highest BCUT2D eigenvalue weighted by Gasteiger charge is 2.18. The molecule has 0 fully saturated rings. The van der Waals surface area contributed by atoms with E-state index >= 15 is 0 Å². The lowest BCUT2D eigenvalue weighted by molar-refractivity contribution is 0.626. The molecular formula is C21H20FNO3S. The summed E-state index contributed by atoms with van der Waals surface area (Å²) < 4.78 is 31.3. The molecule has 6 heteroatoms. The lowest BCUT2D eigenvalue weighted by atomic mass is 10.0. The van der Waals surface area contributed by atoms with Crippen LogP contribution in [0.4, 0.5) is 4.39 Å². The number of furan rings is 1. The SMILES string of the molecule is CC.Cc1c(-c2cccc(S(C)=O)c2)c2oc3ccc(F)cc3c2[nH]c1=O. The second-order valence-electron chi connectivity index (χ2n) is 5.88. The van der Waals surface area contributed by atoms with Gasteiger partial charge in [0.1, 0.15) is 11.4 Å². The number of aromatic nitrogens is 1. The van der Waals surface area contributed by atoms with Gasteiger partial charge in [0.05, 0.1) is 5.52 Å². The third-order valence-electron chi connectivity index (χ3n) is 4.29. The Hall–Kier alpha value is -2.73. The highest BCUT2D eigenvalue weighted by molar-refractivity contribution is 7.84. The average Bonchev–Trinajstić information content (AvgIpc) is 3.01. The van der Waals surface area contributed by atoms with Crippen molar-refractivity contribution < 1.29 is 13.0 Å². The standard InChI is InChI=1S/C19H14FNO3S.C2H6/c1-10-16(11-4-3-5-13(8-11)25(2)23)18-17(21-19(10)22)14-9-12(20)6-7-15(14)24-18;1-2/h3-9H,1-2H3,(H,21,22);1-2H3. The van der Waals surface area contributed by atoms with Gasteiger partial charge in [0, 0.05) is 38.5 Å². The van der Waals surface area contributed by atoms with Crippen LogP contribution in [0.3, 0.4) is 0 Å². The maximum absolute atomic E-state index is 13.6. The Balaban J connectivity index is 0.00000102. The van der Waals surface area contributed by atoms with Crippen LogP contribution in [-0.2, 0) is 10.8 Å². The molecule has 0 spiro atoms. The highest BCUT2D eigenvalue weighted by atomic mass is 32.2. The van der Waals surface area contributed by atoms with Gasteiger partial charge in [0.15, 0.2) is 5.58 Å². The van der Waals surface area contributed by atoms with E-state index < -0.39 is 16.6 Å². The zero-order chi connectivity index (χ0) is 19.7. The van der Waals surface area contributed by atoms with Crippen molar-refractivity contribution in [1.82, 2.24) is 4.98 Å². The van der Waals surface area contributed by atoms with Crippen molar-refractivity contribution in [2.75, 3.05) is 6.26 Å². The normalized spacial score (nSPS) is 12.0. The van der Waals surface area contributed by atoms with E-state index in [0.717, 1.165) is 5.56 Å². The molecule has 140 valence electrons. The van der Waals surface area contributed by atoms with Crippen LogP contribution in [0.1, 0.15) is 19.4 Å². The topological polar surface area (TPSA) is 63.1 Å². The number of halogens is 1. The van der Waals surface area contributed by atoms with Gasteiger partial charge in [-0.3, -0.25) is 9.00 Å². The first-order valence-corrected chi connectivity index (χ1v) is 10.2. The summed E-state index contributed by atoms with van der Waals surface area (Å²) >= 11 is 0. The summed E-state index contributed by atoms with van der Waals surface area (Å²) in [5, 5.41) is 0.517. The largest absolute Gasteiger partial charge is 0.454 e. The maximum Gasteiger partial charge on any atom is 0.252 e. The van der Waals surface area contributed by atoms with Crippen LogP contribution < -0.4 is 5.56 Å². The van der Waals surface area contributed by atoms with Crippen LogP contribution in [0, 0.1) is 12.7 Å². The highest BCUT2D eigenvalue weighted by Crippen LogP contribution is 2.35. The van der Waals surface area contributed by atoms with Crippen molar-refractivity contribution >= 4 is 32.9 Å². The van der Waals surface area contributed by atoms with Crippen molar-refractivity contribution in [1.29, 1.82) is 0 Å². The van der Waals surface area contributed by atoms with Gasteiger partial charge in [-0.15, -0.1) is 0 Å². The zero-order valence-corrected chi connectivity index (χ0v) is 16.4. The number of rotatable bonds is 2. The van der Waals surface area contributed by atoms with E-state index in [1.807, 2.05) is 19.9 Å². The molecule has 4 rings (SSSR count). The third kappa shape index (κ3) is 3.32. The molecule has 0 aliphatic rings. The van der Waals surface area contributed by atoms with E-state index in [4.69, 9.17) is 4.42 Å². The molecule has 1 unspecified atom stereocenters. The number of fused-ring (bicyclic) bond motifs is 3. The number of hydrogen-bond acceptors (Lipinski definition) is 3. The Kier molecular flexibility index (Phi) is 5.28. The molecule has 0 bridgehead atoms. The minimum atomic E-state index is -1.14. The van der Waals surface area contributed by atoms with Crippen LogP contribution in [0.2, 0.25) is 0 Å². The summed E-state index contributed by atoms with van der Waals surface area (Å²) in [6.07, 6.45) is 1.60. The van der Waals surface area contributed by atoms with Gasteiger partial charge in [0.25, 0.3) is 5.56 Å².